The number of Topliss-reactive ketones (excluding diaryl/α,β-unsaturated/α-hetero) is 1. The number of likely N-dealkylation sites (tertiary alicyclic amines) is 1. The number of amides is 5. The lowest BCUT2D eigenvalue weighted by molar-refractivity contribution is -0.144. The summed E-state index contributed by atoms with van der Waals surface area (Å²) in [4.78, 5) is 68.0. The first-order valence-corrected chi connectivity index (χ1v) is 15.0. The van der Waals surface area contributed by atoms with Crippen molar-refractivity contribution in [3.05, 3.63) is 25.3 Å². The van der Waals surface area contributed by atoms with Crippen molar-refractivity contribution in [2.75, 3.05) is 13.1 Å². The first-order valence-electron chi connectivity index (χ1n) is 15.0. The van der Waals surface area contributed by atoms with Crippen molar-refractivity contribution in [1.82, 2.24) is 26.2 Å². The lowest BCUT2D eigenvalue weighted by Crippen LogP contribution is -2.61. The number of fused-ring (bicyclic) bond motifs is 1. The number of hydrogen-bond acceptors (Lipinski definition) is 5. The Morgan fingerprint density at radius 2 is 1.66 bits per heavy atom. The van der Waals surface area contributed by atoms with E-state index in [9.17, 15) is 24.0 Å². The molecule has 10 heteroatoms. The first kappa shape index (κ1) is 32.3. The van der Waals surface area contributed by atoms with E-state index in [-0.39, 0.29) is 42.0 Å². The van der Waals surface area contributed by atoms with Crippen LogP contribution in [0.5, 0.6) is 0 Å². The molecule has 2 unspecified atom stereocenters. The van der Waals surface area contributed by atoms with E-state index in [0.29, 0.717) is 13.0 Å². The second-order valence-corrected chi connectivity index (χ2v) is 13.4. The normalized spacial score (nSPS) is 24.7. The van der Waals surface area contributed by atoms with Crippen LogP contribution in [0.15, 0.2) is 25.3 Å². The molecule has 0 aromatic carbocycles. The Kier molecular flexibility index (Phi) is 10.4. The summed E-state index contributed by atoms with van der Waals surface area (Å²) in [6.45, 7) is 17.6. The van der Waals surface area contributed by atoms with E-state index < -0.39 is 47.3 Å². The number of urea groups is 1. The molecule has 3 rings (SSSR count). The van der Waals surface area contributed by atoms with Crippen LogP contribution >= 0.6 is 0 Å². The third-order valence-electron chi connectivity index (χ3n) is 8.85. The molecule has 2 saturated carbocycles. The Labute approximate surface area is 244 Å². The van der Waals surface area contributed by atoms with Gasteiger partial charge in [0.1, 0.15) is 12.1 Å². The maximum absolute atomic E-state index is 14.2. The molecule has 1 saturated heterocycles. The Hall–Kier alpha value is -3.17. The molecule has 3 aliphatic rings. The fourth-order valence-electron chi connectivity index (χ4n) is 6.58. The maximum atomic E-state index is 14.2. The summed E-state index contributed by atoms with van der Waals surface area (Å²) in [5.41, 5.74) is -0.616. The van der Waals surface area contributed by atoms with E-state index in [1.807, 2.05) is 20.8 Å². The smallest absolute Gasteiger partial charge is 0.315 e. The van der Waals surface area contributed by atoms with E-state index in [0.717, 1.165) is 32.1 Å². The molecule has 10 nitrogen and oxygen atoms in total. The van der Waals surface area contributed by atoms with Crippen molar-refractivity contribution in [3.63, 3.8) is 0 Å². The minimum Gasteiger partial charge on any atom is -0.346 e. The maximum Gasteiger partial charge on any atom is 0.315 e. The third kappa shape index (κ3) is 7.77. The zero-order chi connectivity index (χ0) is 30.5. The predicted octanol–water partition coefficient (Wildman–Crippen LogP) is 2.84. The van der Waals surface area contributed by atoms with Gasteiger partial charge in [-0.3, -0.25) is 19.2 Å². The van der Waals surface area contributed by atoms with E-state index >= 15 is 0 Å². The minimum absolute atomic E-state index is 0.0221. The summed E-state index contributed by atoms with van der Waals surface area (Å²) in [6, 6.07) is -3.01. The summed E-state index contributed by atoms with van der Waals surface area (Å²) in [5.74, 6) is -2.22. The number of carbonyl (C=O) groups excluding carboxylic acids is 5. The molecule has 0 aromatic heterocycles. The van der Waals surface area contributed by atoms with Crippen molar-refractivity contribution in [2.45, 2.75) is 103 Å². The van der Waals surface area contributed by atoms with E-state index in [2.05, 4.69) is 48.3 Å². The third-order valence-corrected chi connectivity index (χ3v) is 8.85. The SMILES string of the molecule is C=CCC[C@@H](NC(=O)[C@@H]1C2C(CN1C(=O)[C@@H](NC(=O)NC(C)(C)C)C1CCCCC1)C2(C)C)C(=O)C(=O)NCC=C. The molecule has 41 heavy (non-hydrogen) atoms. The van der Waals surface area contributed by atoms with Gasteiger partial charge in [0.2, 0.25) is 17.6 Å². The van der Waals surface area contributed by atoms with Crippen LogP contribution < -0.4 is 21.3 Å². The summed E-state index contributed by atoms with van der Waals surface area (Å²) in [5, 5.41) is 11.1. The Morgan fingerprint density at radius 3 is 2.24 bits per heavy atom. The first-order chi connectivity index (χ1) is 19.2. The Morgan fingerprint density at radius 1 is 1.00 bits per heavy atom. The largest absolute Gasteiger partial charge is 0.346 e. The molecule has 1 aliphatic heterocycles. The van der Waals surface area contributed by atoms with E-state index in [1.54, 1.807) is 11.0 Å². The van der Waals surface area contributed by atoms with Crippen LogP contribution in [0.3, 0.4) is 0 Å². The highest BCUT2D eigenvalue weighted by molar-refractivity contribution is 6.38. The van der Waals surface area contributed by atoms with Crippen LogP contribution in [0.4, 0.5) is 4.79 Å². The van der Waals surface area contributed by atoms with Gasteiger partial charge < -0.3 is 26.2 Å². The number of allylic oxidation sites excluding steroid dienone is 1. The Bertz CT molecular complexity index is 1040. The van der Waals surface area contributed by atoms with Gasteiger partial charge >= 0.3 is 6.03 Å². The van der Waals surface area contributed by atoms with Crippen LogP contribution in [0.25, 0.3) is 0 Å². The molecule has 5 amide bonds. The zero-order valence-electron chi connectivity index (χ0n) is 25.4. The highest BCUT2D eigenvalue weighted by atomic mass is 16.2. The molecular formula is C31H49N5O5. The summed E-state index contributed by atoms with van der Waals surface area (Å²) < 4.78 is 0. The van der Waals surface area contributed by atoms with Gasteiger partial charge in [0.05, 0.1) is 6.04 Å². The Balaban J connectivity index is 1.85. The van der Waals surface area contributed by atoms with Crippen LogP contribution in [-0.4, -0.2) is 71.2 Å². The molecular weight excluding hydrogens is 522 g/mol. The molecule has 3 fully saturated rings. The van der Waals surface area contributed by atoms with Gasteiger partial charge in [-0.05, 0) is 69.6 Å². The summed E-state index contributed by atoms with van der Waals surface area (Å²) in [7, 11) is 0. The molecule has 4 N–H and O–H groups in total. The van der Waals surface area contributed by atoms with Gasteiger partial charge in [-0.2, -0.15) is 0 Å². The fraction of sp³-hybridized carbons (Fsp3) is 0.710. The number of carbonyl (C=O) groups is 5. The highest BCUT2D eigenvalue weighted by Gasteiger charge is 2.69. The number of nitrogens with zero attached hydrogens (tertiary/aromatic N) is 1. The fourth-order valence-corrected chi connectivity index (χ4v) is 6.58. The predicted molar refractivity (Wildman–Crippen MR) is 158 cm³/mol. The number of piperidine rings is 1. The second-order valence-electron chi connectivity index (χ2n) is 13.4. The van der Waals surface area contributed by atoms with Gasteiger partial charge in [0.25, 0.3) is 5.91 Å². The second kappa shape index (κ2) is 13.2. The number of nitrogens with one attached hydrogen (secondary N) is 4. The lowest BCUT2D eigenvalue weighted by Gasteiger charge is -2.37. The van der Waals surface area contributed by atoms with Crippen LogP contribution in [0.1, 0.15) is 79.6 Å². The van der Waals surface area contributed by atoms with Gasteiger partial charge in [0, 0.05) is 18.6 Å². The van der Waals surface area contributed by atoms with Crippen molar-refractivity contribution in [3.8, 4) is 0 Å². The molecule has 0 bridgehead atoms. The van der Waals surface area contributed by atoms with Crippen molar-refractivity contribution in [2.24, 2.45) is 23.2 Å². The molecule has 5 atom stereocenters. The average Bonchev–Trinajstić information content (AvgIpc) is 3.23. The molecule has 1 heterocycles. The van der Waals surface area contributed by atoms with Gasteiger partial charge in [-0.1, -0.05) is 45.3 Å². The monoisotopic (exact) mass is 571 g/mol. The standard InChI is InChI=1S/C31H49N5O5/c1-8-10-16-21(25(37)27(39)32-17-9-2)33-26(38)24-22-20(31(22,6)7)18-36(24)28(40)23(19-14-12-11-13-15-19)34-29(41)35-30(3,4)5/h8-9,19-24H,1-2,10-18H2,3-7H3,(H,32,39)(H,33,38)(H2,34,35,41)/t20?,21-,22?,23+,24+/m1/s1. The van der Waals surface area contributed by atoms with Crippen molar-refractivity contribution < 1.29 is 24.0 Å². The average molecular weight is 572 g/mol. The topological polar surface area (TPSA) is 137 Å². The molecule has 0 aromatic rings. The highest BCUT2D eigenvalue weighted by Crippen LogP contribution is 2.65. The minimum atomic E-state index is -1.05. The molecule has 228 valence electrons. The molecule has 0 spiro atoms. The van der Waals surface area contributed by atoms with E-state index in [4.69, 9.17) is 0 Å². The molecule has 0 radical (unpaired) electrons. The van der Waals surface area contributed by atoms with Crippen LogP contribution in [0, 0.1) is 23.2 Å². The lowest BCUT2D eigenvalue weighted by atomic mass is 9.83. The van der Waals surface area contributed by atoms with Crippen molar-refractivity contribution in [1.29, 1.82) is 0 Å². The van der Waals surface area contributed by atoms with Crippen LogP contribution in [0.2, 0.25) is 0 Å². The summed E-state index contributed by atoms with van der Waals surface area (Å²) in [6.07, 6.45) is 8.46. The van der Waals surface area contributed by atoms with E-state index in [1.165, 1.54) is 6.08 Å². The number of hydrogen-bond donors (Lipinski definition) is 4. The van der Waals surface area contributed by atoms with Crippen LogP contribution in [-0.2, 0) is 19.2 Å². The number of ketones is 1. The van der Waals surface area contributed by atoms with Gasteiger partial charge in [0.15, 0.2) is 0 Å². The molecule has 2 aliphatic carbocycles. The van der Waals surface area contributed by atoms with Crippen molar-refractivity contribution >= 4 is 29.5 Å². The summed E-state index contributed by atoms with van der Waals surface area (Å²) >= 11 is 0. The zero-order valence-corrected chi connectivity index (χ0v) is 25.4. The van der Waals surface area contributed by atoms with Gasteiger partial charge in [-0.25, -0.2) is 4.79 Å². The number of rotatable bonds is 12. The van der Waals surface area contributed by atoms with Gasteiger partial charge in [-0.15, -0.1) is 13.2 Å². The quantitative estimate of drug-likeness (QED) is 0.211.